The standard InChI is InChI=1S/C16H22N2O8P2S/c17-13-5-1-11(2-6-13)15(9-27(19,20)21)29(25,26)16(10-28(22,23)24)12-3-7-14(18)8-4-12/h1-8,15-16H,9-10,17-18H2,(H2,19,20,21)(H2,22,23,24). The highest BCUT2D eigenvalue weighted by Gasteiger charge is 2.42. The van der Waals surface area contributed by atoms with Gasteiger partial charge in [-0.05, 0) is 35.4 Å². The van der Waals surface area contributed by atoms with Crippen LogP contribution in [0.5, 0.6) is 0 Å². The van der Waals surface area contributed by atoms with E-state index in [2.05, 4.69) is 0 Å². The molecule has 160 valence electrons. The molecule has 2 rings (SSSR count). The second-order valence-electron chi connectivity index (χ2n) is 6.59. The van der Waals surface area contributed by atoms with Crippen molar-refractivity contribution in [3.63, 3.8) is 0 Å². The third-order valence-corrected chi connectivity index (χ3v) is 8.86. The molecule has 2 aromatic carbocycles. The van der Waals surface area contributed by atoms with Crippen molar-refractivity contribution < 1.29 is 37.1 Å². The van der Waals surface area contributed by atoms with Gasteiger partial charge in [0.1, 0.15) is 0 Å². The zero-order valence-corrected chi connectivity index (χ0v) is 17.7. The van der Waals surface area contributed by atoms with E-state index < -0.39 is 47.9 Å². The van der Waals surface area contributed by atoms with Gasteiger partial charge in [-0.15, -0.1) is 0 Å². The summed E-state index contributed by atoms with van der Waals surface area (Å²) in [7, 11) is -14.1. The Morgan fingerprint density at radius 3 is 1.21 bits per heavy atom. The number of rotatable bonds is 8. The molecule has 0 heterocycles. The average molecular weight is 464 g/mol. The lowest BCUT2D eigenvalue weighted by Crippen LogP contribution is -2.26. The second-order valence-corrected chi connectivity index (χ2v) is 12.3. The summed E-state index contributed by atoms with van der Waals surface area (Å²) in [5.74, 6) is 0. The fourth-order valence-corrected chi connectivity index (χ4v) is 8.43. The Morgan fingerprint density at radius 1 is 0.690 bits per heavy atom. The molecule has 0 radical (unpaired) electrons. The Balaban J connectivity index is 2.64. The normalized spacial score (nSPS) is 15.0. The molecule has 0 amide bonds. The third kappa shape index (κ3) is 6.65. The highest BCUT2D eigenvalue weighted by Crippen LogP contribution is 2.49. The molecule has 2 aromatic rings. The Bertz CT molecular complexity index is 966. The van der Waals surface area contributed by atoms with Gasteiger partial charge in [0.15, 0.2) is 9.84 Å². The first-order valence-electron chi connectivity index (χ1n) is 8.22. The molecule has 8 N–H and O–H groups in total. The monoisotopic (exact) mass is 464 g/mol. The van der Waals surface area contributed by atoms with Crippen LogP contribution >= 0.6 is 15.2 Å². The van der Waals surface area contributed by atoms with E-state index >= 15 is 0 Å². The summed E-state index contributed by atoms with van der Waals surface area (Å²) in [4.78, 5) is 37.8. The molecule has 0 aromatic heterocycles. The molecule has 2 atom stereocenters. The number of benzene rings is 2. The van der Waals surface area contributed by atoms with Gasteiger partial charge in [0, 0.05) is 11.4 Å². The molecule has 10 nitrogen and oxygen atoms in total. The fourth-order valence-electron chi connectivity index (χ4n) is 2.85. The first kappa shape index (κ1) is 23.6. The highest BCUT2D eigenvalue weighted by atomic mass is 32.2. The molecule has 0 bridgehead atoms. The zero-order valence-electron chi connectivity index (χ0n) is 15.1. The van der Waals surface area contributed by atoms with E-state index in [1.165, 1.54) is 48.5 Å². The second kappa shape index (κ2) is 8.57. The maximum atomic E-state index is 13.4. The molecule has 13 heteroatoms. The molecule has 0 spiro atoms. The molecule has 0 fully saturated rings. The van der Waals surface area contributed by atoms with Crippen molar-refractivity contribution in [2.75, 3.05) is 23.8 Å². The first-order valence-corrected chi connectivity index (χ1v) is 13.4. The molecule has 0 saturated heterocycles. The Hall–Kier alpha value is -1.71. The van der Waals surface area contributed by atoms with Crippen molar-refractivity contribution in [1.29, 1.82) is 0 Å². The van der Waals surface area contributed by atoms with E-state index in [-0.39, 0.29) is 11.1 Å². The molecular formula is C16H22N2O8P2S. The van der Waals surface area contributed by atoms with Gasteiger partial charge >= 0.3 is 15.2 Å². The number of nitrogen functional groups attached to an aromatic ring is 2. The molecule has 0 aliphatic rings. The molecule has 0 aliphatic heterocycles. The lowest BCUT2D eigenvalue weighted by Gasteiger charge is -2.26. The largest absolute Gasteiger partial charge is 0.399 e. The summed E-state index contributed by atoms with van der Waals surface area (Å²) in [6, 6.07) is 10.7. The van der Waals surface area contributed by atoms with Crippen molar-refractivity contribution in [1.82, 2.24) is 0 Å². The van der Waals surface area contributed by atoms with Gasteiger partial charge in [-0.1, -0.05) is 24.3 Å². The van der Waals surface area contributed by atoms with Crippen molar-refractivity contribution in [3.05, 3.63) is 59.7 Å². The highest BCUT2D eigenvalue weighted by molar-refractivity contribution is 7.92. The molecular weight excluding hydrogens is 442 g/mol. The van der Waals surface area contributed by atoms with Crippen LogP contribution in [-0.4, -0.2) is 40.3 Å². The zero-order chi connectivity index (χ0) is 22.0. The van der Waals surface area contributed by atoms with Crippen molar-refractivity contribution in [3.8, 4) is 0 Å². The summed E-state index contributed by atoms with van der Waals surface area (Å²) >= 11 is 0. The maximum absolute atomic E-state index is 13.4. The lowest BCUT2D eigenvalue weighted by atomic mass is 10.1. The first-order chi connectivity index (χ1) is 13.2. The molecule has 29 heavy (non-hydrogen) atoms. The number of hydrogen-bond donors (Lipinski definition) is 6. The van der Waals surface area contributed by atoms with E-state index in [1.807, 2.05) is 0 Å². The minimum Gasteiger partial charge on any atom is -0.399 e. The van der Waals surface area contributed by atoms with Crippen LogP contribution in [0.4, 0.5) is 11.4 Å². The molecule has 0 saturated carbocycles. The van der Waals surface area contributed by atoms with Gasteiger partial charge in [-0.2, -0.15) is 0 Å². The summed E-state index contributed by atoms with van der Waals surface area (Å²) in [6.07, 6.45) is -2.10. The molecule has 0 aliphatic carbocycles. The number of anilines is 2. The van der Waals surface area contributed by atoms with Crippen LogP contribution < -0.4 is 11.5 Å². The predicted octanol–water partition coefficient (Wildman–Crippen LogP) is 1.40. The minimum absolute atomic E-state index is 0.0497. The SMILES string of the molecule is Nc1ccc(C(CP(=O)(O)O)S(=O)(=O)C(CP(=O)(O)O)c2ccc(N)cc2)cc1. The van der Waals surface area contributed by atoms with Crippen molar-refractivity contribution >= 4 is 36.4 Å². The Morgan fingerprint density at radius 2 is 0.966 bits per heavy atom. The van der Waals surface area contributed by atoms with Crippen LogP contribution in [0.25, 0.3) is 0 Å². The topological polar surface area (TPSA) is 201 Å². The van der Waals surface area contributed by atoms with Gasteiger partial charge in [-0.25, -0.2) is 8.42 Å². The van der Waals surface area contributed by atoms with Crippen LogP contribution in [-0.2, 0) is 19.0 Å². The van der Waals surface area contributed by atoms with Crippen LogP contribution in [0.3, 0.4) is 0 Å². The quantitative estimate of drug-likeness (QED) is 0.245. The van der Waals surface area contributed by atoms with Crippen LogP contribution in [0, 0.1) is 0 Å². The van der Waals surface area contributed by atoms with E-state index in [0.717, 1.165) is 0 Å². The van der Waals surface area contributed by atoms with Gasteiger partial charge in [-0.3, -0.25) is 9.13 Å². The average Bonchev–Trinajstić information content (AvgIpc) is 2.58. The molecule has 2 unspecified atom stereocenters. The van der Waals surface area contributed by atoms with Gasteiger partial charge < -0.3 is 31.0 Å². The maximum Gasteiger partial charge on any atom is 0.327 e. The van der Waals surface area contributed by atoms with Crippen molar-refractivity contribution in [2.24, 2.45) is 0 Å². The summed E-state index contributed by atoms with van der Waals surface area (Å²) in [5, 5.41) is -3.42. The van der Waals surface area contributed by atoms with E-state index in [1.54, 1.807) is 0 Å². The van der Waals surface area contributed by atoms with Gasteiger partial charge in [0.25, 0.3) is 0 Å². The number of hydrogen-bond acceptors (Lipinski definition) is 6. The van der Waals surface area contributed by atoms with Gasteiger partial charge in [0.05, 0.1) is 22.8 Å². The van der Waals surface area contributed by atoms with Crippen LogP contribution in [0.15, 0.2) is 48.5 Å². The summed E-state index contributed by atoms with van der Waals surface area (Å²) in [6.45, 7) is 0. The van der Waals surface area contributed by atoms with Crippen LogP contribution in [0.2, 0.25) is 0 Å². The Labute approximate surface area is 167 Å². The predicted molar refractivity (Wildman–Crippen MR) is 110 cm³/mol. The van der Waals surface area contributed by atoms with E-state index in [4.69, 9.17) is 11.5 Å². The lowest BCUT2D eigenvalue weighted by molar-refractivity contribution is 0.371. The Kier molecular flexibility index (Phi) is 6.97. The van der Waals surface area contributed by atoms with Gasteiger partial charge in [0.2, 0.25) is 0 Å². The van der Waals surface area contributed by atoms with E-state index in [9.17, 15) is 37.1 Å². The number of nitrogens with two attached hydrogens (primary N) is 2. The summed E-state index contributed by atoms with van der Waals surface area (Å²) in [5.41, 5.74) is 11.9. The summed E-state index contributed by atoms with van der Waals surface area (Å²) < 4.78 is 50.1. The number of sulfone groups is 1. The van der Waals surface area contributed by atoms with Crippen LogP contribution in [0.1, 0.15) is 21.6 Å². The smallest absolute Gasteiger partial charge is 0.327 e. The fraction of sp³-hybridized carbons (Fsp3) is 0.250. The van der Waals surface area contributed by atoms with Crippen molar-refractivity contribution in [2.45, 2.75) is 10.5 Å². The minimum atomic E-state index is -4.81. The third-order valence-electron chi connectivity index (χ3n) is 4.22. The van der Waals surface area contributed by atoms with E-state index in [0.29, 0.717) is 11.4 Å².